The topological polar surface area (TPSA) is 92.4 Å². The molecule has 1 aromatic heterocycles. The van der Waals surface area contributed by atoms with Crippen LogP contribution < -0.4 is 0 Å². The van der Waals surface area contributed by atoms with Crippen molar-refractivity contribution in [3.63, 3.8) is 0 Å². The van der Waals surface area contributed by atoms with E-state index in [0.29, 0.717) is 5.69 Å². The van der Waals surface area contributed by atoms with Crippen molar-refractivity contribution in [2.75, 3.05) is 0 Å². The van der Waals surface area contributed by atoms with Crippen LogP contribution in [0.1, 0.15) is 30.0 Å². The minimum Gasteiger partial charge on any atom is -0.481 e. The Balaban J connectivity index is 2.95. The van der Waals surface area contributed by atoms with Gasteiger partial charge in [0.1, 0.15) is 0 Å². The van der Waals surface area contributed by atoms with E-state index in [1.54, 1.807) is 24.9 Å². The molecule has 0 atom stereocenters. The van der Waals surface area contributed by atoms with Gasteiger partial charge in [0, 0.05) is 19.2 Å². The van der Waals surface area contributed by atoms with Gasteiger partial charge in [0.05, 0.1) is 18.5 Å². The van der Waals surface area contributed by atoms with Crippen molar-refractivity contribution in [1.82, 2.24) is 9.78 Å². The molecule has 0 saturated carbocycles. The van der Waals surface area contributed by atoms with Crippen LogP contribution >= 0.6 is 0 Å². The smallest absolute Gasteiger partial charge is 0.304 e. The number of nitrogens with zero attached hydrogens (tertiary/aromatic N) is 2. The van der Waals surface area contributed by atoms with E-state index in [1.165, 1.54) is 0 Å². The van der Waals surface area contributed by atoms with Gasteiger partial charge in [-0.3, -0.25) is 14.3 Å². The summed E-state index contributed by atoms with van der Waals surface area (Å²) in [5.41, 5.74) is 1.36. The molecule has 0 saturated heterocycles. The third-order valence-corrected chi connectivity index (χ3v) is 2.28. The van der Waals surface area contributed by atoms with Crippen LogP contribution in [-0.4, -0.2) is 31.9 Å². The fourth-order valence-electron chi connectivity index (χ4n) is 1.71. The molecule has 1 aromatic rings. The van der Waals surface area contributed by atoms with Crippen molar-refractivity contribution >= 4 is 11.9 Å². The number of carboxylic acids is 2. The molecule has 0 aromatic carbocycles. The lowest BCUT2D eigenvalue weighted by molar-refractivity contribution is -0.139. The van der Waals surface area contributed by atoms with E-state index in [1.807, 2.05) is 0 Å². The molecular weight excluding hydrogens is 212 g/mol. The van der Waals surface area contributed by atoms with Crippen molar-refractivity contribution in [3.05, 3.63) is 17.5 Å². The zero-order valence-corrected chi connectivity index (χ0v) is 9.17. The normalized spacial score (nSPS) is 10.7. The highest BCUT2D eigenvalue weighted by Gasteiger charge is 2.23. The predicted molar refractivity (Wildman–Crippen MR) is 55.2 cm³/mol. The summed E-state index contributed by atoms with van der Waals surface area (Å²) in [6.45, 7) is 1.79. The minimum atomic E-state index is -1.02. The quantitative estimate of drug-likeness (QED) is 0.773. The van der Waals surface area contributed by atoms with Crippen molar-refractivity contribution in [3.8, 4) is 0 Å². The first-order valence-corrected chi connectivity index (χ1v) is 4.84. The molecule has 0 amide bonds. The number of aryl methyl sites for hydroxylation is 2. The Kier molecular flexibility index (Phi) is 3.65. The summed E-state index contributed by atoms with van der Waals surface area (Å²) in [4.78, 5) is 21.3. The lowest BCUT2D eigenvalue weighted by Gasteiger charge is -2.10. The van der Waals surface area contributed by atoms with Gasteiger partial charge in [0.25, 0.3) is 0 Å². The maximum Gasteiger partial charge on any atom is 0.304 e. The average Bonchev–Trinajstić information content (AvgIpc) is 2.42. The number of carbonyl (C=O) groups is 2. The number of hydrogen-bond acceptors (Lipinski definition) is 3. The second-order valence-corrected chi connectivity index (χ2v) is 3.76. The highest BCUT2D eigenvalue weighted by Crippen LogP contribution is 2.24. The summed E-state index contributed by atoms with van der Waals surface area (Å²) in [5.74, 6) is -2.61. The van der Waals surface area contributed by atoms with Crippen LogP contribution in [0.3, 0.4) is 0 Å². The average molecular weight is 226 g/mol. The maximum atomic E-state index is 10.7. The van der Waals surface area contributed by atoms with Gasteiger partial charge in [-0.05, 0) is 12.5 Å². The maximum absolute atomic E-state index is 10.7. The minimum absolute atomic E-state index is 0.218. The van der Waals surface area contributed by atoms with Crippen molar-refractivity contribution in [1.29, 1.82) is 0 Å². The number of aromatic nitrogens is 2. The molecule has 0 fully saturated rings. The van der Waals surface area contributed by atoms with E-state index < -0.39 is 17.9 Å². The van der Waals surface area contributed by atoms with Crippen molar-refractivity contribution in [2.45, 2.75) is 25.7 Å². The highest BCUT2D eigenvalue weighted by atomic mass is 16.4. The van der Waals surface area contributed by atoms with E-state index in [-0.39, 0.29) is 12.8 Å². The summed E-state index contributed by atoms with van der Waals surface area (Å²) < 4.78 is 1.56. The zero-order chi connectivity index (χ0) is 12.3. The van der Waals surface area contributed by atoms with E-state index >= 15 is 0 Å². The molecule has 0 aliphatic rings. The lowest BCUT2D eigenvalue weighted by atomic mass is 9.95. The van der Waals surface area contributed by atoms with Crippen LogP contribution in [-0.2, 0) is 16.6 Å². The summed E-state index contributed by atoms with van der Waals surface area (Å²) in [6, 6.07) is 0. The Morgan fingerprint density at radius 2 is 1.88 bits per heavy atom. The first-order valence-electron chi connectivity index (χ1n) is 4.84. The van der Waals surface area contributed by atoms with Crippen LogP contribution in [0.5, 0.6) is 0 Å². The Morgan fingerprint density at radius 3 is 2.19 bits per heavy atom. The van der Waals surface area contributed by atoms with Gasteiger partial charge < -0.3 is 10.2 Å². The fraction of sp³-hybridized carbons (Fsp3) is 0.500. The van der Waals surface area contributed by atoms with E-state index in [2.05, 4.69) is 5.10 Å². The van der Waals surface area contributed by atoms with Crippen LogP contribution in [0.2, 0.25) is 0 Å². The summed E-state index contributed by atoms with van der Waals surface area (Å²) in [6.07, 6.45) is 1.31. The van der Waals surface area contributed by atoms with Crippen molar-refractivity contribution < 1.29 is 19.8 Å². The predicted octanol–water partition coefficient (Wildman–Crippen LogP) is 0.762. The molecule has 0 aliphatic carbocycles. The molecule has 6 nitrogen and oxygen atoms in total. The Bertz CT molecular complexity index is 395. The number of hydrogen-bond donors (Lipinski definition) is 2. The highest BCUT2D eigenvalue weighted by molar-refractivity contribution is 5.72. The Morgan fingerprint density at radius 1 is 1.38 bits per heavy atom. The summed E-state index contributed by atoms with van der Waals surface area (Å²) >= 11 is 0. The van der Waals surface area contributed by atoms with Gasteiger partial charge in [-0.1, -0.05) is 0 Å². The molecule has 1 heterocycles. The molecule has 0 bridgehead atoms. The van der Waals surface area contributed by atoms with Gasteiger partial charge in [0.2, 0.25) is 0 Å². The van der Waals surface area contributed by atoms with Gasteiger partial charge in [-0.2, -0.15) is 5.10 Å². The van der Waals surface area contributed by atoms with Gasteiger partial charge >= 0.3 is 11.9 Å². The largest absolute Gasteiger partial charge is 0.481 e. The monoisotopic (exact) mass is 226 g/mol. The van der Waals surface area contributed by atoms with E-state index in [0.717, 1.165) is 5.56 Å². The number of rotatable bonds is 5. The van der Waals surface area contributed by atoms with Gasteiger partial charge in [-0.25, -0.2) is 0 Å². The number of aliphatic carboxylic acids is 2. The SMILES string of the molecule is Cc1cn(C)nc1C(CC(=O)O)CC(=O)O. The van der Waals surface area contributed by atoms with Gasteiger partial charge in [-0.15, -0.1) is 0 Å². The first kappa shape index (κ1) is 12.2. The van der Waals surface area contributed by atoms with Crippen LogP contribution in [0.15, 0.2) is 6.20 Å². The molecule has 16 heavy (non-hydrogen) atoms. The molecule has 88 valence electrons. The van der Waals surface area contributed by atoms with Crippen LogP contribution in [0, 0.1) is 6.92 Å². The molecule has 0 aliphatic heterocycles. The molecule has 0 radical (unpaired) electrons. The lowest BCUT2D eigenvalue weighted by Crippen LogP contribution is -2.12. The first-order chi connectivity index (χ1) is 7.40. The third-order valence-electron chi connectivity index (χ3n) is 2.28. The molecule has 0 unspecified atom stereocenters. The summed E-state index contributed by atoms with van der Waals surface area (Å²) in [5, 5.41) is 21.6. The van der Waals surface area contributed by atoms with Crippen LogP contribution in [0.4, 0.5) is 0 Å². The van der Waals surface area contributed by atoms with Crippen LogP contribution in [0.25, 0.3) is 0 Å². The zero-order valence-electron chi connectivity index (χ0n) is 9.17. The summed E-state index contributed by atoms with van der Waals surface area (Å²) in [7, 11) is 1.72. The Hall–Kier alpha value is -1.85. The molecular formula is C10H14N2O4. The Labute approximate surface area is 92.5 Å². The second kappa shape index (κ2) is 4.78. The standard InChI is InChI=1S/C10H14N2O4/c1-6-5-12(2)11-10(6)7(3-8(13)14)4-9(15)16/h5,7H,3-4H2,1-2H3,(H,13,14)(H,15,16). The van der Waals surface area contributed by atoms with Crippen molar-refractivity contribution in [2.24, 2.45) is 7.05 Å². The molecule has 6 heteroatoms. The fourth-order valence-corrected chi connectivity index (χ4v) is 1.71. The van der Waals surface area contributed by atoms with E-state index in [9.17, 15) is 9.59 Å². The van der Waals surface area contributed by atoms with Gasteiger partial charge in [0.15, 0.2) is 0 Å². The molecule has 2 N–H and O–H groups in total. The third kappa shape index (κ3) is 3.08. The number of carboxylic acid groups (broad SMARTS) is 2. The second-order valence-electron chi connectivity index (χ2n) is 3.76. The molecule has 0 spiro atoms. The molecule has 1 rings (SSSR count). The van der Waals surface area contributed by atoms with E-state index in [4.69, 9.17) is 10.2 Å².